The van der Waals surface area contributed by atoms with Gasteiger partial charge in [-0.2, -0.15) is 0 Å². The van der Waals surface area contributed by atoms with E-state index >= 15 is 0 Å². The van der Waals surface area contributed by atoms with Crippen LogP contribution in [0, 0.1) is 23.2 Å². The monoisotopic (exact) mass is 677 g/mol. The van der Waals surface area contributed by atoms with Crippen LogP contribution in [0.5, 0.6) is 11.6 Å². The Morgan fingerprint density at radius 1 is 1.04 bits per heavy atom. The zero-order valence-corrected chi connectivity index (χ0v) is 30.6. The van der Waals surface area contributed by atoms with Gasteiger partial charge in [-0.25, -0.2) is 14.8 Å². The van der Waals surface area contributed by atoms with Gasteiger partial charge in [0.2, 0.25) is 11.8 Å². The van der Waals surface area contributed by atoms with Crippen LogP contribution in [0.2, 0.25) is 0 Å². The Morgan fingerprint density at radius 2 is 1.78 bits per heavy atom. The molecule has 1 aromatic carbocycles. The molecule has 268 valence electrons. The lowest BCUT2D eigenvalue weighted by molar-refractivity contribution is -0.167. The van der Waals surface area contributed by atoms with Crippen LogP contribution < -0.4 is 9.47 Å². The molecular formula is C39H55N3O7. The minimum atomic E-state index is -0.942. The van der Waals surface area contributed by atoms with Gasteiger partial charge in [-0.15, -0.1) is 6.58 Å². The molecule has 1 amide bonds. The van der Waals surface area contributed by atoms with E-state index in [1.807, 2.05) is 39.8 Å². The molecule has 2 aliphatic rings. The van der Waals surface area contributed by atoms with Crippen LogP contribution >= 0.6 is 0 Å². The number of carbonyl (C=O) groups is 3. The number of hydrogen-bond donors (Lipinski definition) is 0. The Morgan fingerprint density at radius 3 is 2.41 bits per heavy atom. The Hall–Kier alpha value is -3.95. The van der Waals surface area contributed by atoms with Crippen molar-refractivity contribution in [2.24, 2.45) is 23.2 Å². The van der Waals surface area contributed by atoms with Crippen LogP contribution in [0.1, 0.15) is 99.1 Å². The highest BCUT2D eigenvalue weighted by atomic mass is 16.6. The molecule has 10 heteroatoms. The largest absolute Gasteiger partial charge is 0.497 e. The van der Waals surface area contributed by atoms with Crippen molar-refractivity contribution < 1.29 is 33.3 Å². The number of nitrogens with zero attached hydrogens (tertiary/aromatic N) is 3. The number of carbonyl (C=O) groups excluding carboxylic acids is 3. The molecule has 2 fully saturated rings. The normalized spacial score (nSPS) is 23.2. The molecule has 1 saturated heterocycles. The van der Waals surface area contributed by atoms with E-state index in [0.29, 0.717) is 28.4 Å². The average molecular weight is 678 g/mol. The lowest BCUT2D eigenvalue weighted by atomic mass is 9.77. The van der Waals surface area contributed by atoms with Crippen molar-refractivity contribution in [3.63, 3.8) is 0 Å². The van der Waals surface area contributed by atoms with Crippen LogP contribution in [0.25, 0.3) is 17.1 Å². The minimum absolute atomic E-state index is 0.0890. The first-order chi connectivity index (χ1) is 23.1. The number of hydrogen-bond acceptors (Lipinski definition) is 9. The summed E-state index contributed by atoms with van der Waals surface area (Å²) in [6, 6.07) is 4.43. The van der Waals surface area contributed by atoms with E-state index in [1.165, 1.54) is 4.90 Å². The van der Waals surface area contributed by atoms with Gasteiger partial charge in [0.15, 0.2) is 0 Å². The lowest BCUT2D eigenvalue weighted by Crippen LogP contribution is -2.50. The highest BCUT2D eigenvalue weighted by Crippen LogP contribution is 2.38. The predicted molar refractivity (Wildman–Crippen MR) is 190 cm³/mol. The maximum Gasteiger partial charge on any atom is 0.329 e. The second-order valence-corrected chi connectivity index (χ2v) is 15.5. The fourth-order valence-electron chi connectivity index (χ4n) is 6.92. The highest BCUT2D eigenvalue weighted by molar-refractivity contribution is 5.89. The van der Waals surface area contributed by atoms with Crippen LogP contribution in [-0.2, 0) is 23.9 Å². The number of unbranched alkanes of at least 4 members (excludes halogenated alkanes) is 1. The molecule has 2 aromatic rings. The van der Waals surface area contributed by atoms with E-state index in [9.17, 15) is 14.4 Å². The number of amides is 1. The predicted octanol–water partition coefficient (Wildman–Crippen LogP) is 7.34. The van der Waals surface area contributed by atoms with Crippen LogP contribution in [0.4, 0.5) is 0 Å². The molecule has 0 unspecified atom stereocenters. The average Bonchev–Trinajstić information content (AvgIpc) is 3.60. The summed E-state index contributed by atoms with van der Waals surface area (Å²) in [5.74, 6) is -1.26. The first-order valence-corrected chi connectivity index (χ1v) is 17.5. The molecule has 0 radical (unpaired) electrons. The molecule has 1 saturated carbocycles. The second kappa shape index (κ2) is 15.7. The lowest BCUT2D eigenvalue weighted by Gasteiger charge is -2.35. The van der Waals surface area contributed by atoms with Crippen LogP contribution in [0.15, 0.2) is 37.4 Å². The molecule has 1 aliphatic heterocycles. The van der Waals surface area contributed by atoms with E-state index in [2.05, 4.69) is 18.1 Å². The quantitative estimate of drug-likeness (QED) is 0.122. The van der Waals surface area contributed by atoms with E-state index in [0.717, 1.165) is 38.5 Å². The molecule has 0 N–H and O–H groups in total. The summed E-state index contributed by atoms with van der Waals surface area (Å²) in [6.45, 7) is 20.8. The number of esters is 2. The van der Waals surface area contributed by atoms with Crippen molar-refractivity contribution in [2.75, 3.05) is 13.7 Å². The molecule has 10 nitrogen and oxygen atoms in total. The molecule has 2 heterocycles. The molecule has 6 atom stereocenters. The van der Waals surface area contributed by atoms with Crippen molar-refractivity contribution in [3.8, 4) is 11.6 Å². The number of fused-ring (bicyclic) bond motifs is 1. The summed E-state index contributed by atoms with van der Waals surface area (Å²) < 4.78 is 23.7. The van der Waals surface area contributed by atoms with Crippen LogP contribution in [-0.4, -0.2) is 70.2 Å². The molecule has 1 aliphatic carbocycles. The van der Waals surface area contributed by atoms with E-state index in [-0.39, 0.29) is 36.8 Å². The van der Waals surface area contributed by atoms with Gasteiger partial charge in [-0.3, -0.25) is 9.59 Å². The molecule has 0 bridgehead atoms. The maximum absolute atomic E-state index is 14.6. The number of ether oxygens (including phenoxy) is 4. The van der Waals surface area contributed by atoms with Gasteiger partial charge < -0.3 is 23.8 Å². The van der Waals surface area contributed by atoms with Crippen LogP contribution in [0.3, 0.4) is 0 Å². The standard InChI is InChI=1S/C39H55N3O7/c1-11-13-14-16-25-17-15-18-31(25)47-33(43)22-27(38(4,5)6)36(44)42-23-32(24(3)34(42)37(45)49-39(7,8)9)48-35-28(12-2)40-29-20-19-26(46-10)21-30(29)41-35/h11-12,19-21,24-25,27,31-32,34H,1-2,13-18,22-23H2,3-10H3/t24-,25-,27-,31-,32+,34+/m1/s1. The summed E-state index contributed by atoms with van der Waals surface area (Å²) in [5, 5.41) is 0. The Bertz CT molecular complexity index is 1520. The summed E-state index contributed by atoms with van der Waals surface area (Å²) >= 11 is 0. The fourth-order valence-corrected chi connectivity index (χ4v) is 6.92. The summed E-state index contributed by atoms with van der Waals surface area (Å²) in [4.78, 5) is 52.8. The van der Waals surface area contributed by atoms with Gasteiger partial charge in [0, 0.05) is 12.0 Å². The number of aromatic nitrogens is 2. The topological polar surface area (TPSA) is 117 Å². The number of likely N-dealkylation sites (tertiary alicyclic amines) is 1. The number of methoxy groups -OCH3 is 1. The summed E-state index contributed by atoms with van der Waals surface area (Å²) in [5.41, 5.74) is 0.271. The Kier molecular flexibility index (Phi) is 12.2. The molecule has 49 heavy (non-hydrogen) atoms. The number of allylic oxidation sites excluding steroid dienone is 1. The first-order valence-electron chi connectivity index (χ1n) is 17.5. The van der Waals surface area contributed by atoms with Gasteiger partial charge in [0.25, 0.3) is 0 Å². The third kappa shape index (κ3) is 9.40. The summed E-state index contributed by atoms with van der Waals surface area (Å²) in [6.07, 6.45) is 8.44. The Labute approximate surface area is 291 Å². The van der Waals surface area contributed by atoms with E-state index in [4.69, 9.17) is 23.9 Å². The number of rotatable bonds is 13. The minimum Gasteiger partial charge on any atom is -0.497 e. The van der Waals surface area contributed by atoms with Gasteiger partial charge in [0.05, 0.1) is 37.0 Å². The van der Waals surface area contributed by atoms with Crippen molar-refractivity contribution in [1.29, 1.82) is 0 Å². The smallest absolute Gasteiger partial charge is 0.329 e. The molecule has 0 spiro atoms. The zero-order valence-electron chi connectivity index (χ0n) is 30.6. The summed E-state index contributed by atoms with van der Waals surface area (Å²) in [7, 11) is 1.58. The van der Waals surface area contributed by atoms with Crippen molar-refractivity contribution in [1.82, 2.24) is 14.9 Å². The third-order valence-corrected chi connectivity index (χ3v) is 9.62. The third-order valence-electron chi connectivity index (χ3n) is 9.62. The van der Waals surface area contributed by atoms with Crippen molar-refractivity contribution in [2.45, 2.75) is 117 Å². The molecular weight excluding hydrogens is 622 g/mol. The van der Waals surface area contributed by atoms with E-state index < -0.39 is 41.0 Å². The van der Waals surface area contributed by atoms with Gasteiger partial charge in [0.1, 0.15) is 35.3 Å². The zero-order chi connectivity index (χ0) is 36.1. The van der Waals surface area contributed by atoms with Gasteiger partial charge >= 0.3 is 11.9 Å². The second-order valence-electron chi connectivity index (χ2n) is 15.5. The van der Waals surface area contributed by atoms with Gasteiger partial charge in [-0.1, -0.05) is 40.3 Å². The SMILES string of the molecule is C=CCCC[C@@H]1CCC[C@H]1OC(=O)C[C@H](C(=O)N1C[C@H](Oc2nc3cc(OC)ccc3nc2C=C)[C@@H](C)[C@H]1C(=O)OC(C)(C)C)C(C)(C)C. The highest BCUT2D eigenvalue weighted by Gasteiger charge is 2.51. The van der Waals surface area contributed by atoms with Gasteiger partial charge in [-0.05, 0) is 88.8 Å². The Balaban J connectivity index is 1.61. The number of benzene rings is 1. The van der Waals surface area contributed by atoms with E-state index in [1.54, 1.807) is 46.1 Å². The van der Waals surface area contributed by atoms with Crippen molar-refractivity contribution in [3.05, 3.63) is 43.1 Å². The molecule has 4 rings (SSSR count). The van der Waals surface area contributed by atoms with Crippen molar-refractivity contribution >= 4 is 35.0 Å². The molecule has 1 aromatic heterocycles. The maximum atomic E-state index is 14.6. The first kappa shape index (κ1) is 37.9. The fraction of sp³-hybridized carbons (Fsp3) is 0.615.